The van der Waals surface area contributed by atoms with Crippen LogP contribution in [0, 0.1) is 0 Å². The molecule has 0 saturated heterocycles. The van der Waals surface area contributed by atoms with Crippen LogP contribution >= 0.6 is 0 Å². The van der Waals surface area contributed by atoms with E-state index in [0.29, 0.717) is 6.04 Å². The lowest BCUT2D eigenvalue weighted by atomic mass is 10.0. The zero-order valence-corrected chi connectivity index (χ0v) is 12.1. The fraction of sp³-hybridized carbons (Fsp3) is 0.438. The van der Waals surface area contributed by atoms with Crippen molar-refractivity contribution in [1.82, 2.24) is 14.9 Å². The number of aryl methyl sites for hydroxylation is 1. The molecule has 1 N–H and O–H groups in total. The molecule has 1 atom stereocenters. The highest BCUT2D eigenvalue weighted by molar-refractivity contribution is 5.28. The molecule has 0 aliphatic heterocycles. The summed E-state index contributed by atoms with van der Waals surface area (Å²) in [7, 11) is 1.99. The lowest BCUT2D eigenvalue weighted by molar-refractivity contribution is 0.643. The summed E-state index contributed by atoms with van der Waals surface area (Å²) in [4.78, 5) is 4.47. The van der Waals surface area contributed by atoms with Crippen molar-refractivity contribution in [1.29, 1.82) is 0 Å². The van der Waals surface area contributed by atoms with Gasteiger partial charge in [-0.2, -0.15) is 0 Å². The minimum atomic E-state index is 0.385. The highest BCUT2D eigenvalue weighted by Gasteiger charge is 2.06. The van der Waals surface area contributed by atoms with Crippen LogP contribution < -0.4 is 5.32 Å². The first-order chi connectivity index (χ1) is 9.24. The molecule has 1 aromatic heterocycles. The van der Waals surface area contributed by atoms with Crippen molar-refractivity contribution in [2.75, 3.05) is 7.05 Å². The van der Waals surface area contributed by atoms with E-state index in [1.54, 1.807) is 0 Å². The smallest absolute Gasteiger partial charge is 0.113 e. The molecule has 2 rings (SSSR count). The molecule has 19 heavy (non-hydrogen) atoms. The third-order valence-corrected chi connectivity index (χ3v) is 3.51. The van der Waals surface area contributed by atoms with E-state index in [4.69, 9.17) is 0 Å². The Morgan fingerprint density at radius 3 is 2.95 bits per heavy atom. The summed E-state index contributed by atoms with van der Waals surface area (Å²) in [5.74, 6) is 1.15. The van der Waals surface area contributed by atoms with E-state index in [-0.39, 0.29) is 0 Å². The Hall–Kier alpha value is -1.61. The first-order valence-corrected chi connectivity index (χ1v) is 7.00. The van der Waals surface area contributed by atoms with Crippen molar-refractivity contribution in [2.24, 2.45) is 0 Å². The molecule has 0 fully saturated rings. The Kier molecular flexibility index (Phi) is 4.74. The molecule has 1 unspecified atom stereocenters. The fourth-order valence-electron chi connectivity index (χ4n) is 2.27. The van der Waals surface area contributed by atoms with Crippen molar-refractivity contribution in [3.8, 4) is 0 Å². The lowest BCUT2D eigenvalue weighted by Crippen LogP contribution is -2.12. The average molecular weight is 257 g/mol. The van der Waals surface area contributed by atoms with Gasteiger partial charge in [-0.15, -0.1) is 0 Å². The monoisotopic (exact) mass is 257 g/mol. The van der Waals surface area contributed by atoms with Crippen LogP contribution in [0.3, 0.4) is 0 Å². The lowest BCUT2D eigenvalue weighted by Gasteiger charge is -2.12. The average Bonchev–Trinajstić information content (AvgIpc) is 2.86. The number of hydrogen-bond acceptors (Lipinski definition) is 2. The van der Waals surface area contributed by atoms with Gasteiger partial charge in [0.05, 0.1) is 0 Å². The predicted octanol–water partition coefficient (Wildman–Crippen LogP) is 3.16. The fourth-order valence-corrected chi connectivity index (χ4v) is 2.27. The number of imidazole rings is 1. The summed E-state index contributed by atoms with van der Waals surface area (Å²) in [5.41, 5.74) is 2.65. The topological polar surface area (TPSA) is 29.9 Å². The number of rotatable bonds is 6. The summed E-state index contributed by atoms with van der Waals surface area (Å²) >= 11 is 0. The molecule has 3 nitrogen and oxygen atoms in total. The van der Waals surface area contributed by atoms with Gasteiger partial charge in [0.25, 0.3) is 0 Å². The van der Waals surface area contributed by atoms with Gasteiger partial charge in [-0.25, -0.2) is 4.98 Å². The van der Waals surface area contributed by atoms with Crippen molar-refractivity contribution < 1.29 is 0 Å². The number of nitrogens with zero attached hydrogens (tertiary/aromatic N) is 2. The summed E-state index contributed by atoms with van der Waals surface area (Å²) in [6, 6.07) is 9.13. The van der Waals surface area contributed by atoms with Crippen molar-refractivity contribution in [3.05, 3.63) is 53.6 Å². The highest BCUT2D eigenvalue weighted by atomic mass is 15.1. The van der Waals surface area contributed by atoms with Crippen LogP contribution in [0.1, 0.15) is 43.3 Å². The second-order valence-electron chi connectivity index (χ2n) is 4.97. The summed E-state index contributed by atoms with van der Waals surface area (Å²) in [6.07, 6.45) is 6.00. The Balaban J connectivity index is 2.16. The number of benzene rings is 1. The predicted molar refractivity (Wildman–Crippen MR) is 79.2 cm³/mol. The van der Waals surface area contributed by atoms with E-state index in [1.807, 2.05) is 13.2 Å². The molecule has 1 aromatic carbocycles. The van der Waals surface area contributed by atoms with E-state index >= 15 is 0 Å². The third kappa shape index (κ3) is 3.44. The molecular formula is C16H23N3. The quantitative estimate of drug-likeness (QED) is 0.861. The number of hydrogen-bond donors (Lipinski definition) is 1. The van der Waals surface area contributed by atoms with E-state index in [0.717, 1.165) is 25.2 Å². The van der Waals surface area contributed by atoms with Gasteiger partial charge in [0.2, 0.25) is 0 Å². The minimum Gasteiger partial charge on any atom is -0.335 e. The largest absolute Gasteiger partial charge is 0.335 e. The van der Waals surface area contributed by atoms with Crippen LogP contribution in [0.15, 0.2) is 36.7 Å². The zero-order chi connectivity index (χ0) is 13.7. The minimum absolute atomic E-state index is 0.385. The molecule has 0 saturated carbocycles. The molecular weight excluding hydrogens is 234 g/mol. The molecule has 0 spiro atoms. The summed E-state index contributed by atoms with van der Waals surface area (Å²) in [5, 5.41) is 3.28. The van der Waals surface area contributed by atoms with Gasteiger partial charge in [-0.1, -0.05) is 31.2 Å². The standard InChI is InChI=1S/C16H23N3/c1-4-9-19-10-8-18-16(19)12-14-6-5-7-15(11-14)13(2)17-3/h5-8,10-11,13,17H,4,9,12H2,1-3H3. The third-order valence-electron chi connectivity index (χ3n) is 3.51. The van der Waals surface area contributed by atoms with Crippen LogP contribution in [-0.4, -0.2) is 16.6 Å². The summed E-state index contributed by atoms with van der Waals surface area (Å²) < 4.78 is 2.24. The number of aromatic nitrogens is 2. The zero-order valence-electron chi connectivity index (χ0n) is 12.1. The van der Waals surface area contributed by atoms with E-state index in [2.05, 4.69) is 59.2 Å². The van der Waals surface area contributed by atoms with Gasteiger partial charge in [0.15, 0.2) is 0 Å². The molecule has 0 bridgehead atoms. The molecule has 0 aliphatic rings. The molecule has 3 heteroatoms. The summed E-state index contributed by atoms with van der Waals surface area (Å²) in [6.45, 7) is 5.41. The molecule has 102 valence electrons. The van der Waals surface area contributed by atoms with Crippen LogP contribution in [-0.2, 0) is 13.0 Å². The van der Waals surface area contributed by atoms with Crippen LogP contribution in [0.5, 0.6) is 0 Å². The van der Waals surface area contributed by atoms with Crippen molar-refractivity contribution in [3.63, 3.8) is 0 Å². The van der Waals surface area contributed by atoms with Crippen molar-refractivity contribution in [2.45, 2.75) is 39.3 Å². The number of nitrogens with one attached hydrogen (secondary N) is 1. The van der Waals surface area contributed by atoms with E-state index < -0.39 is 0 Å². The SMILES string of the molecule is CCCn1ccnc1Cc1cccc(C(C)NC)c1. The van der Waals surface area contributed by atoms with Crippen LogP contribution in [0.25, 0.3) is 0 Å². The van der Waals surface area contributed by atoms with Gasteiger partial charge >= 0.3 is 0 Å². The van der Waals surface area contributed by atoms with Crippen molar-refractivity contribution >= 4 is 0 Å². The van der Waals surface area contributed by atoms with Gasteiger partial charge in [0.1, 0.15) is 5.82 Å². The normalized spacial score (nSPS) is 12.6. The first kappa shape index (κ1) is 13.8. The Bertz CT molecular complexity index is 516. The molecule has 0 radical (unpaired) electrons. The van der Waals surface area contributed by atoms with Gasteiger partial charge < -0.3 is 9.88 Å². The first-order valence-electron chi connectivity index (χ1n) is 7.00. The second-order valence-corrected chi connectivity index (χ2v) is 4.97. The van der Waals surface area contributed by atoms with Gasteiger partial charge in [-0.05, 0) is 31.5 Å². The Morgan fingerprint density at radius 1 is 1.37 bits per heavy atom. The molecule has 2 aromatic rings. The maximum absolute atomic E-state index is 4.47. The Labute approximate surface area is 115 Å². The maximum Gasteiger partial charge on any atom is 0.113 e. The van der Waals surface area contributed by atoms with Gasteiger partial charge in [0, 0.05) is 31.4 Å². The van der Waals surface area contributed by atoms with E-state index in [9.17, 15) is 0 Å². The highest BCUT2D eigenvalue weighted by Crippen LogP contribution is 2.16. The second kappa shape index (κ2) is 6.53. The van der Waals surface area contributed by atoms with Crippen LogP contribution in [0.2, 0.25) is 0 Å². The maximum atomic E-state index is 4.47. The molecule has 0 aliphatic carbocycles. The molecule has 1 heterocycles. The van der Waals surface area contributed by atoms with E-state index in [1.165, 1.54) is 11.1 Å². The van der Waals surface area contributed by atoms with Gasteiger partial charge in [-0.3, -0.25) is 0 Å². The molecule has 0 amide bonds. The van der Waals surface area contributed by atoms with Crippen LogP contribution in [0.4, 0.5) is 0 Å². The Morgan fingerprint density at radius 2 is 2.21 bits per heavy atom.